The van der Waals surface area contributed by atoms with Crippen LogP contribution in [0.3, 0.4) is 0 Å². The number of carbonyl (C=O) groups excluding carboxylic acids is 1. The third-order valence-corrected chi connectivity index (χ3v) is 6.23. The number of amides is 1. The molecule has 164 valence electrons. The number of anilines is 2. The molecule has 0 aliphatic carbocycles. The number of benzene rings is 3. The molecule has 0 aliphatic rings. The van der Waals surface area contributed by atoms with Crippen LogP contribution in [-0.2, 0) is 10.0 Å². The van der Waals surface area contributed by atoms with Crippen LogP contribution in [0.1, 0.15) is 16.1 Å². The molecule has 9 heteroatoms. The molecule has 3 N–H and O–H groups in total. The number of hydrogen-bond acceptors (Lipinski definition) is 4. The third kappa shape index (κ3) is 4.42. The lowest BCUT2D eigenvalue weighted by atomic mass is 10.2. The van der Waals surface area contributed by atoms with Gasteiger partial charge in [0.05, 0.1) is 17.7 Å². The van der Waals surface area contributed by atoms with Gasteiger partial charge in [-0.3, -0.25) is 9.52 Å². The summed E-state index contributed by atoms with van der Waals surface area (Å²) in [5, 5.41) is 3.66. The van der Waals surface area contributed by atoms with Crippen LogP contribution in [0.5, 0.6) is 5.75 Å². The number of methoxy groups -OCH3 is 1. The number of aromatic nitrogens is 1. The number of nitrogens with one attached hydrogen (secondary N) is 3. The molecule has 0 radical (unpaired) electrons. The Morgan fingerprint density at radius 1 is 1.00 bits per heavy atom. The fourth-order valence-electron chi connectivity index (χ4n) is 3.26. The molecule has 4 rings (SSSR count). The summed E-state index contributed by atoms with van der Waals surface area (Å²) in [6, 6.07) is 16.6. The monoisotopic (exact) mass is 453 g/mol. The van der Waals surface area contributed by atoms with Gasteiger partial charge < -0.3 is 15.0 Å². The molecule has 1 amide bonds. The topological polar surface area (TPSA) is 100 Å². The quantitative estimate of drug-likeness (QED) is 0.395. The van der Waals surface area contributed by atoms with Gasteiger partial charge in [0.25, 0.3) is 15.9 Å². The van der Waals surface area contributed by atoms with Crippen LogP contribution in [0.15, 0.2) is 71.6 Å². The van der Waals surface area contributed by atoms with E-state index in [9.17, 15) is 17.6 Å². The average molecular weight is 453 g/mol. The number of aryl methyl sites for hydroxylation is 1. The van der Waals surface area contributed by atoms with E-state index in [1.54, 1.807) is 12.1 Å². The van der Waals surface area contributed by atoms with E-state index in [0.29, 0.717) is 11.4 Å². The number of H-pyrrole nitrogens is 1. The molecule has 4 aromatic rings. The van der Waals surface area contributed by atoms with Gasteiger partial charge in [0, 0.05) is 16.6 Å². The second-order valence-electron chi connectivity index (χ2n) is 7.20. The molecule has 1 aromatic heterocycles. The van der Waals surface area contributed by atoms with Gasteiger partial charge in [0.1, 0.15) is 17.3 Å². The Labute approximate surface area is 184 Å². The zero-order valence-corrected chi connectivity index (χ0v) is 18.1. The molecule has 3 aromatic carbocycles. The minimum absolute atomic E-state index is 0.108. The van der Waals surface area contributed by atoms with E-state index < -0.39 is 15.8 Å². The fraction of sp³-hybridized carbons (Fsp3) is 0.0870. The molecule has 0 atom stereocenters. The van der Waals surface area contributed by atoms with Crippen molar-refractivity contribution < 1.29 is 22.3 Å². The van der Waals surface area contributed by atoms with E-state index in [4.69, 9.17) is 4.74 Å². The molecule has 0 aliphatic heterocycles. The second kappa shape index (κ2) is 8.35. The molecular formula is C23H20FN3O4S. The van der Waals surface area contributed by atoms with E-state index >= 15 is 0 Å². The van der Waals surface area contributed by atoms with Crippen LogP contribution in [-0.4, -0.2) is 26.4 Å². The van der Waals surface area contributed by atoms with E-state index in [0.717, 1.165) is 40.7 Å². The highest BCUT2D eigenvalue weighted by Crippen LogP contribution is 2.30. The summed E-state index contributed by atoms with van der Waals surface area (Å²) in [6.07, 6.45) is 0. The summed E-state index contributed by atoms with van der Waals surface area (Å²) >= 11 is 0. The molecule has 0 bridgehead atoms. The predicted molar refractivity (Wildman–Crippen MR) is 121 cm³/mol. The third-order valence-electron chi connectivity index (χ3n) is 4.85. The van der Waals surface area contributed by atoms with Gasteiger partial charge in [-0.1, -0.05) is 11.6 Å². The smallest absolute Gasteiger partial charge is 0.272 e. The highest BCUT2D eigenvalue weighted by Gasteiger charge is 2.18. The number of rotatable bonds is 6. The van der Waals surface area contributed by atoms with Crippen molar-refractivity contribution >= 4 is 38.2 Å². The van der Waals surface area contributed by atoms with Gasteiger partial charge in [0.15, 0.2) is 0 Å². The van der Waals surface area contributed by atoms with Crippen LogP contribution in [0.4, 0.5) is 15.8 Å². The van der Waals surface area contributed by atoms with Crippen LogP contribution in [0.25, 0.3) is 10.9 Å². The number of halogens is 1. The van der Waals surface area contributed by atoms with Crippen molar-refractivity contribution in [1.82, 2.24) is 4.98 Å². The Morgan fingerprint density at radius 3 is 2.47 bits per heavy atom. The largest absolute Gasteiger partial charge is 0.495 e. The molecule has 0 saturated heterocycles. The number of carbonyl (C=O) groups is 1. The summed E-state index contributed by atoms with van der Waals surface area (Å²) in [5.41, 5.74) is 2.78. The molecular weight excluding hydrogens is 433 g/mol. The maximum absolute atomic E-state index is 13.1. The van der Waals surface area contributed by atoms with Gasteiger partial charge in [-0.2, -0.15) is 0 Å². The number of sulfonamides is 1. The van der Waals surface area contributed by atoms with E-state index in [1.807, 2.05) is 25.1 Å². The highest BCUT2D eigenvalue weighted by molar-refractivity contribution is 7.92. The van der Waals surface area contributed by atoms with E-state index in [2.05, 4.69) is 15.0 Å². The second-order valence-corrected chi connectivity index (χ2v) is 8.88. The van der Waals surface area contributed by atoms with Crippen LogP contribution >= 0.6 is 0 Å². The molecule has 1 heterocycles. The number of ether oxygens (including phenoxy) is 1. The summed E-state index contributed by atoms with van der Waals surface area (Å²) in [7, 11) is -2.60. The first kappa shape index (κ1) is 21.4. The lowest BCUT2D eigenvalue weighted by molar-refractivity contribution is 0.102. The molecule has 0 fully saturated rings. The van der Waals surface area contributed by atoms with Crippen LogP contribution < -0.4 is 14.8 Å². The van der Waals surface area contributed by atoms with Gasteiger partial charge in [-0.15, -0.1) is 0 Å². The van der Waals surface area contributed by atoms with Crippen LogP contribution in [0.2, 0.25) is 0 Å². The minimum Gasteiger partial charge on any atom is -0.495 e. The van der Waals surface area contributed by atoms with Crippen molar-refractivity contribution in [3.8, 4) is 5.75 Å². The molecule has 0 unspecified atom stereocenters. The maximum atomic E-state index is 13.1. The minimum atomic E-state index is -4.00. The summed E-state index contributed by atoms with van der Waals surface area (Å²) < 4.78 is 46.2. The van der Waals surface area contributed by atoms with Crippen molar-refractivity contribution in [3.05, 3.63) is 83.8 Å². The molecule has 0 spiro atoms. The number of aromatic amines is 1. The van der Waals surface area contributed by atoms with E-state index in [1.165, 1.54) is 19.2 Å². The van der Waals surface area contributed by atoms with Gasteiger partial charge in [-0.25, -0.2) is 12.8 Å². The Kier molecular flexibility index (Phi) is 5.58. The first-order chi connectivity index (χ1) is 15.2. The van der Waals surface area contributed by atoms with Crippen molar-refractivity contribution in [2.75, 3.05) is 17.1 Å². The summed E-state index contributed by atoms with van der Waals surface area (Å²) in [4.78, 5) is 15.7. The van der Waals surface area contributed by atoms with Gasteiger partial charge >= 0.3 is 0 Å². The Balaban J connectivity index is 1.59. The predicted octanol–water partition coefficient (Wildman–Crippen LogP) is 4.68. The number of hydrogen-bond donors (Lipinski definition) is 3. The Morgan fingerprint density at radius 2 is 1.75 bits per heavy atom. The molecule has 32 heavy (non-hydrogen) atoms. The standard InChI is InChI=1S/C23H20FN3O4S/c1-14-3-9-19-15(11-14)12-21(26-19)23(28)25-17-6-10-22(31-2)20(13-17)27-32(29,30)18-7-4-16(24)5-8-18/h3-13,26-27H,1-2H3,(H,25,28). The summed E-state index contributed by atoms with van der Waals surface area (Å²) in [5.74, 6) is -0.662. The van der Waals surface area contributed by atoms with Crippen molar-refractivity contribution in [2.24, 2.45) is 0 Å². The zero-order valence-electron chi connectivity index (χ0n) is 17.3. The lowest BCUT2D eigenvalue weighted by Crippen LogP contribution is -2.15. The number of fused-ring (bicyclic) bond motifs is 1. The first-order valence-corrected chi connectivity index (χ1v) is 11.1. The average Bonchev–Trinajstić information content (AvgIpc) is 3.17. The zero-order chi connectivity index (χ0) is 22.9. The van der Waals surface area contributed by atoms with Crippen molar-refractivity contribution in [3.63, 3.8) is 0 Å². The van der Waals surface area contributed by atoms with Gasteiger partial charge in [0.2, 0.25) is 0 Å². The summed E-state index contributed by atoms with van der Waals surface area (Å²) in [6.45, 7) is 1.97. The van der Waals surface area contributed by atoms with Crippen molar-refractivity contribution in [1.29, 1.82) is 0 Å². The fourth-order valence-corrected chi connectivity index (χ4v) is 4.32. The SMILES string of the molecule is COc1ccc(NC(=O)c2cc3cc(C)ccc3[nH]2)cc1NS(=O)(=O)c1ccc(F)cc1. The normalized spacial score (nSPS) is 11.3. The maximum Gasteiger partial charge on any atom is 0.272 e. The van der Waals surface area contributed by atoms with Gasteiger partial charge in [-0.05, 0) is 67.6 Å². The van der Waals surface area contributed by atoms with Crippen molar-refractivity contribution in [2.45, 2.75) is 11.8 Å². The Hall–Kier alpha value is -3.85. The first-order valence-electron chi connectivity index (χ1n) is 9.62. The van der Waals surface area contributed by atoms with Crippen LogP contribution in [0, 0.1) is 12.7 Å². The lowest BCUT2D eigenvalue weighted by Gasteiger charge is -2.14. The highest BCUT2D eigenvalue weighted by atomic mass is 32.2. The Bertz CT molecular complexity index is 1410. The molecule has 0 saturated carbocycles. The van der Waals surface area contributed by atoms with E-state index in [-0.39, 0.29) is 22.2 Å². The molecule has 7 nitrogen and oxygen atoms in total.